The van der Waals surface area contributed by atoms with Crippen molar-refractivity contribution >= 4 is 11.6 Å². The van der Waals surface area contributed by atoms with Crippen LogP contribution in [0.3, 0.4) is 0 Å². The van der Waals surface area contributed by atoms with Crippen molar-refractivity contribution in [3.05, 3.63) is 64.0 Å². The second-order valence-electron chi connectivity index (χ2n) is 9.19. The number of benzene rings is 2. The highest BCUT2D eigenvalue weighted by molar-refractivity contribution is 6.16. The first-order valence-electron chi connectivity index (χ1n) is 10.0. The molecular weight excluding hydrogens is 378 g/mol. The van der Waals surface area contributed by atoms with E-state index >= 15 is 0 Å². The number of hydrogen-bond acceptors (Lipinski definition) is 5. The summed E-state index contributed by atoms with van der Waals surface area (Å²) in [4.78, 5) is 16.2. The highest BCUT2D eigenvalue weighted by Crippen LogP contribution is 2.61. The standard InChI is InChI=1S/C24H23N3O3/c1-12-7-15-13(2)10-23(3,4)27-20(15)17(8-12)24(22(27)29)16-6-5-14(28)9-19(16)30-21(26)18(24)11-25/h5-9,13,28H,10,26H2,1-4H3/t13-,24-/m0/s1. The molecule has 1 spiro atoms. The molecule has 0 aliphatic carbocycles. The van der Waals surface area contributed by atoms with Gasteiger partial charge in [0.25, 0.3) is 0 Å². The Morgan fingerprint density at radius 2 is 2.00 bits per heavy atom. The molecule has 152 valence electrons. The zero-order valence-electron chi connectivity index (χ0n) is 17.4. The molecule has 2 aromatic rings. The molecule has 0 aromatic heterocycles. The monoisotopic (exact) mass is 401 g/mol. The Morgan fingerprint density at radius 3 is 2.70 bits per heavy atom. The molecule has 2 aromatic carbocycles. The molecule has 3 N–H and O–H groups in total. The van der Waals surface area contributed by atoms with Crippen molar-refractivity contribution < 1.29 is 14.6 Å². The minimum atomic E-state index is -1.39. The minimum Gasteiger partial charge on any atom is -0.508 e. The number of rotatable bonds is 0. The fraction of sp³-hybridized carbons (Fsp3) is 0.333. The van der Waals surface area contributed by atoms with E-state index in [1.54, 1.807) is 6.07 Å². The van der Waals surface area contributed by atoms with E-state index in [2.05, 4.69) is 32.9 Å². The summed E-state index contributed by atoms with van der Waals surface area (Å²) in [6.07, 6.45) is 0.810. The third-order valence-electron chi connectivity index (χ3n) is 6.70. The predicted molar refractivity (Wildman–Crippen MR) is 112 cm³/mol. The van der Waals surface area contributed by atoms with Gasteiger partial charge in [-0.2, -0.15) is 5.26 Å². The number of ether oxygens (including phenoxy) is 1. The maximum absolute atomic E-state index is 14.3. The SMILES string of the molecule is Cc1cc2c3c(c1)[C@]1(C(=O)N3C(C)(C)C[C@@H]2C)C(C#N)=C(N)Oc2cc(O)ccc21. The maximum atomic E-state index is 14.3. The third-order valence-corrected chi connectivity index (χ3v) is 6.70. The van der Waals surface area contributed by atoms with Gasteiger partial charge >= 0.3 is 0 Å². The molecule has 6 nitrogen and oxygen atoms in total. The molecule has 0 fully saturated rings. The number of carbonyl (C=O) groups excluding carboxylic acids is 1. The number of phenols is 1. The van der Waals surface area contributed by atoms with Gasteiger partial charge < -0.3 is 20.5 Å². The lowest BCUT2D eigenvalue weighted by Gasteiger charge is -2.44. The molecule has 2 atom stereocenters. The van der Waals surface area contributed by atoms with E-state index in [4.69, 9.17) is 10.5 Å². The smallest absolute Gasteiger partial charge is 0.248 e. The van der Waals surface area contributed by atoms with E-state index in [0.717, 1.165) is 28.8 Å². The summed E-state index contributed by atoms with van der Waals surface area (Å²) in [5.41, 5.74) is 8.75. The van der Waals surface area contributed by atoms with Crippen molar-refractivity contribution in [3.63, 3.8) is 0 Å². The molecule has 0 unspecified atom stereocenters. The summed E-state index contributed by atoms with van der Waals surface area (Å²) in [6, 6.07) is 10.9. The molecular formula is C24H23N3O3. The van der Waals surface area contributed by atoms with Gasteiger partial charge in [-0.15, -0.1) is 0 Å². The lowest BCUT2D eigenvalue weighted by molar-refractivity contribution is -0.122. The van der Waals surface area contributed by atoms with Crippen molar-refractivity contribution in [1.82, 2.24) is 0 Å². The van der Waals surface area contributed by atoms with Crippen LogP contribution in [0.4, 0.5) is 5.69 Å². The minimum absolute atomic E-state index is 0.00262. The van der Waals surface area contributed by atoms with Crippen LogP contribution >= 0.6 is 0 Å². The quantitative estimate of drug-likeness (QED) is 0.701. The van der Waals surface area contributed by atoms with E-state index in [0.29, 0.717) is 11.3 Å². The van der Waals surface area contributed by atoms with Crippen molar-refractivity contribution in [3.8, 4) is 17.6 Å². The van der Waals surface area contributed by atoms with Gasteiger partial charge in [-0.05, 0) is 50.8 Å². The summed E-state index contributed by atoms with van der Waals surface area (Å²) in [5, 5.41) is 20.1. The lowest BCUT2D eigenvalue weighted by Crippen LogP contribution is -2.54. The first-order chi connectivity index (χ1) is 14.1. The number of nitrogens with zero attached hydrogens (tertiary/aromatic N) is 2. The summed E-state index contributed by atoms with van der Waals surface area (Å²) in [5.74, 6) is 0.253. The Bertz CT molecular complexity index is 1220. The van der Waals surface area contributed by atoms with Crippen LogP contribution in [-0.4, -0.2) is 16.6 Å². The zero-order valence-corrected chi connectivity index (χ0v) is 17.4. The maximum Gasteiger partial charge on any atom is 0.248 e. The van der Waals surface area contributed by atoms with E-state index in [1.165, 1.54) is 12.1 Å². The van der Waals surface area contributed by atoms with E-state index < -0.39 is 11.0 Å². The van der Waals surface area contributed by atoms with Gasteiger partial charge in [0.05, 0.1) is 5.69 Å². The molecule has 0 bridgehead atoms. The number of aryl methyl sites for hydroxylation is 1. The zero-order chi connectivity index (χ0) is 21.6. The number of carbonyl (C=O) groups is 1. The molecule has 3 heterocycles. The van der Waals surface area contributed by atoms with Gasteiger partial charge in [0, 0.05) is 22.7 Å². The highest BCUT2D eigenvalue weighted by Gasteiger charge is 2.63. The second-order valence-corrected chi connectivity index (χ2v) is 9.19. The number of phenolic OH excluding ortho intramolecular Hbond substituents is 1. The fourth-order valence-electron chi connectivity index (χ4n) is 5.67. The van der Waals surface area contributed by atoms with Gasteiger partial charge in [-0.1, -0.05) is 24.6 Å². The van der Waals surface area contributed by atoms with Crippen molar-refractivity contribution in [1.29, 1.82) is 5.26 Å². The first kappa shape index (κ1) is 18.6. The van der Waals surface area contributed by atoms with Crippen LogP contribution in [0.2, 0.25) is 0 Å². The van der Waals surface area contributed by atoms with Gasteiger partial charge in [0.2, 0.25) is 11.8 Å². The predicted octanol–water partition coefficient (Wildman–Crippen LogP) is 3.71. The Morgan fingerprint density at radius 1 is 1.27 bits per heavy atom. The number of fused-ring (bicyclic) bond motifs is 3. The van der Waals surface area contributed by atoms with Crippen molar-refractivity contribution in [2.75, 3.05) is 4.90 Å². The average molecular weight is 401 g/mol. The molecule has 0 saturated heterocycles. The molecule has 6 heteroatoms. The average Bonchev–Trinajstić information content (AvgIpc) is 2.90. The highest BCUT2D eigenvalue weighted by atomic mass is 16.5. The van der Waals surface area contributed by atoms with Gasteiger partial charge in [0.1, 0.15) is 28.6 Å². The van der Waals surface area contributed by atoms with Crippen LogP contribution in [0, 0.1) is 18.3 Å². The molecule has 3 aliphatic rings. The van der Waals surface area contributed by atoms with Crippen LogP contribution in [-0.2, 0) is 10.2 Å². The van der Waals surface area contributed by atoms with E-state index in [-0.39, 0.29) is 29.0 Å². The van der Waals surface area contributed by atoms with Crippen molar-refractivity contribution in [2.45, 2.75) is 51.0 Å². The van der Waals surface area contributed by atoms with Gasteiger partial charge in [-0.3, -0.25) is 4.79 Å². The summed E-state index contributed by atoms with van der Waals surface area (Å²) < 4.78 is 5.69. The van der Waals surface area contributed by atoms with Crippen LogP contribution in [0.15, 0.2) is 41.8 Å². The molecule has 0 saturated carbocycles. The van der Waals surface area contributed by atoms with Crippen LogP contribution in [0.5, 0.6) is 11.5 Å². The number of nitriles is 1. The third kappa shape index (κ3) is 2.00. The number of anilines is 1. The Kier molecular flexibility index (Phi) is 3.45. The first-order valence-corrected chi connectivity index (χ1v) is 10.0. The topological polar surface area (TPSA) is 99.6 Å². The Hall–Kier alpha value is -3.46. The molecule has 0 radical (unpaired) electrons. The summed E-state index contributed by atoms with van der Waals surface area (Å²) in [6.45, 7) is 8.29. The summed E-state index contributed by atoms with van der Waals surface area (Å²) in [7, 11) is 0. The Balaban J connectivity index is 1.98. The van der Waals surface area contributed by atoms with Crippen LogP contribution in [0.1, 0.15) is 55.4 Å². The lowest BCUT2D eigenvalue weighted by atomic mass is 9.68. The largest absolute Gasteiger partial charge is 0.508 e. The normalized spacial score (nSPS) is 25.6. The second kappa shape index (κ2) is 5.57. The molecule has 5 rings (SSSR count). The van der Waals surface area contributed by atoms with Gasteiger partial charge in [0.15, 0.2) is 0 Å². The number of aromatic hydroxyl groups is 1. The van der Waals surface area contributed by atoms with E-state index in [9.17, 15) is 15.2 Å². The van der Waals surface area contributed by atoms with Gasteiger partial charge in [-0.25, -0.2) is 0 Å². The Labute approximate surface area is 175 Å². The van der Waals surface area contributed by atoms with E-state index in [1.807, 2.05) is 17.9 Å². The number of nitrogens with two attached hydrogens (primary N) is 1. The molecule has 30 heavy (non-hydrogen) atoms. The summed E-state index contributed by atoms with van der Waals surface area (Å²) >= 11 is 0. The van der Waals surface area contributed by atoms with Crippen molar-refractivity contribution in [2.24, 2.45) is 5.73 Å². The van der Waals surface area contributed by atoms with Crippen LogP contribution < -0.4 is 15.4 Å². The number of hydrogen-bond donors (Lipinski definition) is 2. The molecule has 3 aliphatic heterocycles. The number of amides is 1. The molecule has 1 amide bonds. The van der Waals surface area contributed by atoms with Crippen LogP contribution in [0.25, 0.3) is 0 Å². The fourth-order valence-corrected chi connectivity index (χ4v) is 5.67.